The second-order valence-electron chi connectivity index (χ2n) is 9.51. The minimum Gasteiger partial charge on any atom is -0.354 e. The third-order valence-corrected chi connectivity index (χ3v) is 7.51. The van der Waals surface area contributed by atoms with Gasteiger partial charge in [-0.05, 0) is 64.4 Å². The molecule has 0 unspecified atom stereocenters. The van der Waals surface area contributed by atoms with Gasteiger partial charge in [-0.2, -0.15) is 0 Å². The molecule has 1 N–H and O–H groups in total. The van der Waals surface area contributed by atoms with Gasteiger partial charge in [0.1, 0.15) is 0 Å². The molecule has 2 nitrogen and oxygen atoms in total. The second-order valence-corrected chi connectivity index (χ2v) is 9.51. The molecule has 0 aliphatic rings. The predicted molar refractivity (Wildman–Crippen MR) is 153 cm³/mol. The van der Waals surface area contributed by atoms with Crippen LogP contribution in [0.15, 0.2) is 127 Å². The Labute approximate surface area is 208 Å². The minimum absolute atomic E-state index is 1.18. The fourth-order valence-electron chi connectivity index (χ4n) is 5.86. The van der Waals surface area contributed by atoms with Crippen LogP contribution in [0.2, 0.25) is 0 Å². The number of rotatable bonds is 2. The summed E-state index contributed by atoms with van der Waals surface area (Å²) in [5.41, 5.74) is 8.47. The molecule has 0 saturated carbocycles. The molecule has 8 aromatic rings. The van der Waals surface area contributed by atoms with Crippen LogP contribution < -0.4 is 0 Å². The highest BCUT2D eigenvalue weighted by Gasteiger charge is 2.14. The Bertz CT molecular complexity index is 2090. The number of aromatic amines is 1. The van der Waals surface area contributed by atoms with Gasteiger partial charge in [0, 0.05) is 38.3 Å². The van der Waals surface area contributed by atoms with Crippen LogP contribution in [0.1, 0.15) is 0 Å². The quantitative estimate of drug-likeness (QED) is 0.266. The van der Waals surface area contributed by atoms with Crippen molar-refractivity contribution in [1.29, 1.82) is 0 Å². The van der Waals surface area contributed by atoms with Crippen molar-refractivity contribution in [3.05, 3.63) is 127 Å². The summed E-state index contributed by atoms with van der Waals surface area (Å²) in [6, 6.07) is 46.1. The number of hydrogen-bond donors (Lipinski definition) is 1. The number of fused-ring (bicyclic) bond motifs is 8. The number of hydrogen-bond acceptors (Lipinski definition) is 0. The van der Waals surface area contributed by atoms with Gasteiger partial charge < -0.3 is 9.55 Å². The molecule has 168 valence electrons. The number of aromatic nitrogens is 2. The van der Waals surface area contributed by atoms with Gasteiger partial charge in [0.25, 0.3) is 0 Å². The Balaban J connectivity index is 1.37. The van der Waals surface area contributed by atoms with Gasteiger partial charge in [0.15, 0.2) is 0 Å². The number of benzene rings is 6. The normalized spacial score (nSPS) is 11.9. The zero-order valence-corrected chi connectivity index (χ0v) is 19.6. The lowest BCUT2D eigenvalue weighted by atomic mass is 9.97. The minimum atomic E-state index is 1.18. The van der Waals surface area contributed by atoms with E-state index in [1.54, 1.807) is 0 Å². The molecular formula is C34H22N2. The number of nitrogens with one attached hydrogen (secondary N) is 1. The van der Waals surface area contributed by atoms with Crippen LogP contribution in [0.3, 0.4) is 0 Å². The Hall–Kier alpha value is -4.82. The molecule has 0 aliphatic carbocycles. The van der Waals surface area contributed by atoms with E-state index in [0.717, 1.165) is 0 Å². The third-order valence-electron chi connectivity index (χ3n) is 7.51. The van der Waals surface area contributed by atoms with Crippen molar-refractivity contribution in [2.45, 2.75) is 0 Å². The highest BCUT2D eigenvalue weighted by molar-refractivity contribution is 6.20. The molecule has 6 aromatic carbocycles. The van der Waals surface area contributed by atoms with Gasteiger partial charge in [0.2, 0.25) is 0 Å². The molecule has 2 heterocycles. The summed E-state index contributed by atoms with van der Waals surface area (Å²) in [5.74, 6) is 0. The predicted octanol–water partition coefficient (Wildman–Crippen LogP) is 9.24. The number of H-pyrrole nitrogens is 1. The van der Waals surface area contributed by atoms with E-state index in [2.05, 4.69) is 137 Å². The molecule has 0 bridgehead atoms. The maximum absolute atomic E-state index is 3.57. The van der Waals surface area contributed by atoms with Crippen LogP contribution in [-0.4, -0.2) is 9.55 Å². The van der Waals surface area contributed by atoms with Crippen LogP contribution in [0.5, 0.6) is 0 Å². The van der Waals surface area contributed by atoms with E-state index in [1.807, 2.05) is 0 Å². The van der Waals surface area contributed by atoms with E-state index in [0.29, 0.717) is 0 Å². The van der Waals surface area contributed by atoms with Crippen LogP contribution in [0, 0.1) is 0 Å². The number of nitrogens with zero attached hydrogens (tertiary/aromatic N) is 1. The fraction of sp³-hybridized carbons (Fsp3) is 0. The van der Waals surface area contributed by atoms with Crippen molar-refractivity contribution < 1.29 is 0 Å². The standard InChI is InChI=1S/C34H22N2/c1-2-8-25(9-3-1)36-32-13-7-5-10-27(32)28-18-15-23(21-33(28)36)22-14-17-26-24(20-22)16-19-31-34(26)29-11-4-6-12-30(29)35-31/h1-21,35H. The summed E-state index contributed by atoms with van der Waals surface area (Å²) in [5, 5.41) is 7.68. The molecule has 0 atom stereocenters. The van der Waals surface area contributed by atoms with E-state index >= 15 is 0 Å². The van der Waals surface area contributed by atoms with Crippen molar-refractivity contribution >= 4 is 54.4 Å². The van der Waals surface area contributed by atoms with Crippen molar-refractivity contribution in [2.75, 3.05) is 0 Å². The molecule has 0 aliphatic heterocycles. The van der Waals surface area contributed by atoms with E-state index < -0.39 is 0 Å². The van der Waals surface area contributed by atoms with Crippen LogP contribution in [-0.2, 0) is 0 Å². The molecule has 2 aromatic heterocycles. The van der Waals surface area contributed by atoms with Crippen molar-refractivity contribution in [3.8, 4) is 16.8 Å². The van der Waals surface area contributed by atoms with Gasteiger partial charge in [-0.1, -0.05) is 84.9 Å². The van der Waals surface area contributed by atoms with E-state index in [1.165, 1.54) is 71.2 Å². The molecular weight excluding hydrogens is 436 g/mol. The highest BCUT2D eigenvalue weighted by Crippen LogP contribution is 2.37. The summed E-state index contributed by atoms with van der Waals surface area (Å²) in [6.45, 7) is 0. The fourth-order valence-corrected chi connectivity index (χ4v) is 5.86. The van der Waals surface area contributed by atoms with E-state index in [-0.39, 0.29) is 0 Å². The molecule has 0 fully saturated rings. The first-order valence-corrected chi connectivity index (χ1v) is 12.4. The van der Waals surface area contributed by atoms with Gasteiger partial charge in [-0.25, -0.2) is 0 Å². The monoisotopic (exact) mass is 458 g/mol. The van der Waals surface area contributed by atoms with Gasteiger partial charge in [-0.3, -0.25) is 0 Å². The second kappa shape index (κ2) is 7.34. The van der Waals surface area contributed by atoms with Gasteiger partial charge >= 0.3 is 0 Å². The van der Waals surface area contributed by atoms with E-state index in [4.69, 9.17) is 0 Å². The average Bonchev–Trinajstić information content (AvgIpc) is 3.49. The average molecular weight is 459 g/mol. The lowest BCUT2D eigenvalue weighted by Gasteiger charge is -2.10. The Morgan fingerprint density at radius 1 is 0.444 bits per heavy atom. The summed E-state index contributed by atoms with van der Waals surface area (Å²) in [7, 11) is 0. The zero-order valence-electron chi connectivity index (χ0n) is 19.6. The van der Waals surface area contributed by atoms with Gasteiger partial charge in [0.05, 0.1) is 11.0 Å². The first kappa shape index (κ1) is 19.5. The van der Waals surface area contributed by atoms with Gasteiger partial charge in [-0.15, -0.1) is 0 Å². The maximum Gasteiger partial charge on any atom is 0.0547 e. The molecule has 0 amide bonds. The highest BCUT2D eigenvalue weighted by atomic mass is 15.0. The Morgan fingerprint density at radius 3 is 2.03 bits per heavy atom. The lowest BCUT2D eigenvalue weighted by molar-refractivity contribution is 1.18. The molecule has 0 spiro atoms. The van der Waals surface area contributed by atoms with Crippen molar-refractivity contribution in [2.24, 2.45) is 0 Å². The lowest BCUT2D eigenvalue weighted by Crippen LogP contribution is -1.93. The van der Waals surface area contributed by atoms with Crippen LogP contribution in [0.25, 0.3) is 71.2 Å². The molecule has 8 rings (SSSR count). The molecule has 36 heavy (non-hydrogen) atoms. The summed E-state index contributed by atoms with van der Waals surface area (Å²) < 4.78 is 2.38. The molecule has 0 saturated heterocycles. The first-order chi connectivity index (χ1) is 17.8. The maximum atomic E-state index is 3.57. The van der Waals surface area contributed by atoms with E-state index in [9.17, 15) is 0 Å². The Morgan fingerprint density at radius 2 is 1.14 bits per heavy atom. The topological polar surface area (TPSA) is 20.7 Å². The summed E-state index contributed by atoms with van der Waals surface area (Å²) >= 11 is 0. The van der Waals surface area contributed by atoms with Crippen LogP contribution >= 0.6 is 0 Å². The molecule has 2 heteroatoms. The Kier molecular flexibility index (Phi) is 3.97. The first-order valence-electron chi connectivity index (χ1n) is 12.4. The zero-order chi connectivity index (χ0) is 23.6. The number of para-hydroxylation sites is 3. The van der Waals surface area contributed by atoms with Crippen molar-refractivity contribution in [1.82, 2.24) is 9.55 Å². The smallest absolute Gasteiger partial charge is 0.0547 e. The van der Waals surface area contributed by atoms with Crippen LogP contribution in [0.4, 0.5) is 0 Å². The summed E-state index contributed by atoms with van der Waals surface area (Å²) in [4.78, 5) is 3.57. The summed E-state index contributed by atoms with van der Waals surface area (Å²) in [6.07, 6.45) is 0. The molecule has 0 radical (unpaired) electrons. The third kappa shape index (κ3) is 2.73. The van der Waals surface area contributed by atoms with Crippen molar-refractivity contribution in [3.63, 3.8) is 0 Å². The SMILES string of the molecule is c1ccc(-n2c3ccccc3c3ccc(-c4ccc5c(ccc6[nH]c7ccccc7c65)c4)cc32)cc1. The largest absolute Gasteiger partial charge is 0.354 e.